The molecule has 38 heavy (non-hydrogen) atoms. The van der Waals surface area contributed by atoms with Crippen LogP contribution >= 0.6 is 0 Å². The summed E-state index contributed by atoms with van der Waals surface area (Å²) in [5, 5.41) is 52.6. The van der Waals surface area contributed by atoms with E-state index in [4.69, 9.17) is 14.2 Å². The van der Waals surface area contributed by atoms with Crippen LogP contribution in [-0.4, -0.2) is 101 Å². The predicted molar refractivity (Wildman–Crippen MR) is 136 cm³/mol. The first-order chi connectivity index (χ1) is 18.2. The maximum Gasteiger partial charge on any atom is 0.339 e. The van der Waals surface area contributed by atoms with E-state index in [9.17, 15) is 30.3 Å². The Kier molecular flexibility index (Phi) is 7.14. The van der Waals surface area contributed by atoms with Crippen LogP contribution in [0.1, 0.15) is 38.7 Å². The summed E-state index contributed by atoms with van der Waals surface area (Å²) in [6.45, 7) is 6.51. The first-order valence-electron chi connectivity index (χ1n) is 12.7. The number of hydrogen-bond donors (Lipinski definition) is 5. The number of phenolic OH excluding ortho intramolecular Hbond substituents is 2. The Hall–Kier alpha value is -3.09. The van der Waals surface area contributed by atoms with E-state index in [1.54, 1.807) is 0 Å². The van der Waals surface area contributed by atoms with E-state index < -0.39 is 48.8 Å². The number of anilines is 1. The zero-order valence-electron chi connectivity index (χ0n) is 21.6. The lowest BCUT2D eigenvalue weighted by Crippen LogP contribution is -2.58. The third kappa shape index (κ3) is 4.34. The van der Waals surface area contributed by atoms with E-state index in [2.05, 4.69) is 41.8 Å². The van der Waals surface area contributed by atoms with Gasteiger partial charge in [-0.2, -0.15) is 0 Å². The zero-order valence-corrected chi connectivity index (χ0v) is 21.6. The van der Waals surface area contributed by atoms with Crippen molar-refractivity contribution >= 4 is 11.7 Å². The van der Waals surface area contributed by atoms with Crippen molar-refractivity contribution in [2.45, 2.75) is 50.9 Å². The lowest BCUT2D eigenvalue weighted by atomic mass is 9.84. The van der Waals surface area contributed by atoms with Crippen molar-refractivity contribution < 1.29 is 44.5 Å². The molecular weight excluding hydrogens is 496 g/mol. The van der Waals surface area contributed by atoms with Crippen molar-refractivity contribution in [3.05, 3.63) is 46.0 Å². The highest BCUT2D eigenvalue weighted by molar-refractivity contribution is 5.97. The first kappa shape index (κ1) is 26.5. The molecule has 0 unspecified atom stereocenters. The van der Waals surface area contributed by atoms with Crippen LogP contribution in [0, 0.1) is 13.8 Å². The lowest BCUT2D eigenvalue weighted by molar-refractivity contribution is -0.235. The Morgan fingerprint density at radius 1 is 1.05 bits per heavy atom. The second kappa shape index (κ2) is 10.2. The molecule has 0 bridgehead atoms. The molecule has 3 aliphatic rings. The van der Waals surface area contributed by atoms with Gasteiger partial charge < -0.3 is 44.6 Å². The minimum Gasteiger partial charge on any atom is -0.504 e. The Labute approximate surface area is 220 Å². The van der Waals surface area contributed by atoms with Gasteiger partial charge >= 0.3 is 5.97 Å². The maximum absolute atomic E-state index is 13.2. The van der Waals surface area contributed by atoms with Gasteiger partial charge in [0.1, 0.15) is 24.4 Å². The number of aliphatic hydroxyl groups excluding tert-OH is 3. The summed E-state index contributed by atoms with van der Waals surface area (Å²) in [7, 11) is 1.28. The van der Waals surface area contributed by atoms with Gasteiger partial charge in [-0.3, -0.25) is 4.90 Å². The van der Waals surface area contributed by atoms with Crippen LogP contribution in [0.3, 0.4) is 0 Å². The number of carbonyl (C=O) groups is 1. The SMILES string of the molecule is COc1c(O)c(CN2CCN(c3ccc(C)cc3C)CC2)c2c(c1O)[C@H]1O[C@H](CO)[C@@H](O)[C@H](O)[C@@H]1OC2=O. The lowest BCUT2D eigenvalue weighted by Gasteiger charge is -2.45. The Morgan fingerprint density at radius 3 is 2.39 bits per heavy atom. The fourth-order valence-electron chi connectivity index (χ4n) is 5.80. The van der Waals surface area contributed by atoms with Crippen molar-refractivity contribution in [1.29, 1.82) is 0 Å². The van der Waals surface area contributed by atoms with Gasteiger partial charge in [0, 0.05) is 49.5 Å². The van der Waals surface area contributed by atoms with Crippen LogP contribution < -0.4 is 9.64 Å². The van der Waals surface area contributed by atoms with Crippen LogP contribution in [-0.2, 0) is 16.0 Å². The third-order valence-electron chi connectivity index (χ3n) is 7.79. The molecule has 2 aromatic rings. The first-order valence-corrected chi connectivity index (χ1v) is 12.7. The van der Waals surface area contributed by atoms with Crippen molar-refractivity contribution in [2.24, 2.45) is 0 Å². The summed E-state index contributed by atoms with van der Waals surface area (Å²) in [6, 6.07) is 6.36. The number of rotatable bonds is 5. The molecule has 0 amide bonds. The van der Waals surface area contributed by atoms with Crippen molar-refractivity contribution in [1.82, 2.24) is 4.90 Å². The van der Waals surface area contributed by atoms with E-state index >= 15 is 0 Å². The second-order valence-electron chi connectivity index (χ2n) is 10.2. The highest BCUT2D eigenvalue weighted by Crippen LogP contribution is 2.52. The van der Waals surface area contributed by atoms with E-state index in [0.29, 0.717) is 13.1 Å². The number of carbonyl (C=O) groups excluding carboxylic acids is 1. The number of benzene rings is 2. The number of piperazine rings is 1. The quantitative estimate of drug-likeness (QED) is 0.348. The fraction of sp³-hybridized carbons (Fsp3) is 0.519. The molecule has 5 atom stereocenters. The topological polar surface area (TPSA) is 152 Å². The van der Waals surface area contributed by atoms with Gasteiger partial charge in [0.2, 0.25) is 5.75 Å². The van der Waals surface area contributed by atoms with Gasteiger partial charge in [0.15, 0.2) is 17.6 Å². The van der Waals surface area contributed by atoms with E-state index in [1.165, 1.54) is 23.9 Å². The molecule has 2 saturated heterocycles. The Morgan fingerprint density at radius 2 is 1.76 bits per heavy atom. The normalized spacial score (nSPS) is 27.5. The van der Waals surface area contributed by atoms with Crippen molar-refractivity contribution in [3.8, 4) is 17.2 Å². The average molecular weight is 531 g/mol. The van der Waals surface area contributed by atoms with E-state index in [0.717, 1.165) is 13.1 Å². The highest BCUT2D eigenvalue weighted by atomic mass is 16.6. The van der Waals surface area contributed by atoms with Gasteiger partial charge in [-0.1, -0.05) is 17.7 Å². The Balaban J connectivity index is 1.46. The number of nitrogens with zero attached hydrogens (tertiary/aromatic N) is 2. The van der Waals surface area contributed by atoms with Gasteiger partial charge in [0.05, 0.1) is 19.3 Å². The van der Waals surface area contributed by atoms with Crippen LogP contribution in [0.4, 0.5) is 5.69 Å². The molecule has 2 aromatic carbocycles. The molecule has 5 rings (SSSR count). The smallest absolute Gasteiger partial charge is 0.339 e. The summed E-state index contributed by atoms with van der Waals surface area (Å²) in [6.07, 6.45) is -6.72. The van der Waals surface area contributed by atoms with Gasteiger partial charge in [-0.15, -0.1) is 0 Å². The molecule has 0 spiro atoms. The summed E-state index contributed by atoms with van der Waals surface area (Å²) in [4.78, 5) is 17.6. The molecule has 5 N–H and O–H groups in total. The fourth-order valence-corrected chi connectivity index (χ4v) is 5.80. The molecule has 3 aliphatic heterocycles. The maximum atomic E-state index is 13.2. The second-order valence-corrected chi connectivity index (χ2v) is 10.2. The Bertz CT molecular complexity index is 1230. The van der Waals surface area contributed by atoms with E-state index in [1.807, 2.05) is 0 Å². The number of hydrogen-bond acceptors (Lipinski definition) is 11. The summed E-state index contributed by atoms with van der Waals surface area (Å²) in [5.41, 5.74) is 3.71. The number of fused-ring (bicyclic) bond motifs is 3. The molecule has 206 valence electrons. The monoisotopic (exact) mass is 530 g/mol. The summed E-state index contributed by atoms with van der Waals surface area (Å²) >= 11 is 0. The van der Waals surface area contributed by atoms with Gasteiger partial charge in [-0.05, 0) is 25.5 Å². The largest absolute Gasteiger partial charge is 0.504 e. The average Bonchev–Trinajstić information content (AvgIpc) is 2.89. The molecule has 0 radical (unpaired) electrons. The molecule has 0 aromatic heterocycles. The van der Waals surface area contributed by atoms with E-state index in [-0.39, 0.29) is 34.7 Å². The molecule has 11 heteroatoms. The number of aromatic hydroxyl groups is 2. The standard InChI is InChI=1S/C27H34N2O9/c1-13-4-5-16(14(2)10-13)29-8-6-28(7-9-29)11-15-18-19(22(33)25(36-3)20(15)31)24-26(38-27(18)35)23(34)21(32)17(12-30)37-24/h4-5,10,17,21,23-24,26,30-34H,6-9,11-12H2,1-3H3/t17-,21-,23+,24-,26+/m1/s1. The van der Waals surface area contributed by atoms with Crippen LogP contribution in [0.2, 0.25) is 0 Å². The summed E-state index contributed by atoms with van der Waals surface area (Å²) < 4.78 is 16.5. The summed E-state index contributed by atoms with van der Waals surface area (Å²) in [5.74, 6) is -2.00. The van der Waals surface area contributed by atoms with Gasteiger partial charge in [0.25, 0.3) is 0 Å². The number of ether oxygens (including phenoxy) is 3. The molecular formula is C27H34N2O9. The molecule has 3 heterocycles. The predicted octanol–water partition coefficient (Wildman–Crippen LogP) is 0.738. The molecule has 0 aliphatic carbocycles. The molecule has 0 saturated carbocycles. The minimum atomic E-state index is -1.55. The number of esters is 1. The van der Waals surface area contributed by atoms with Crippen molar-refractivity contribution in [2.75, 3.05) is 44.8 Å². The number of aryl methyl sites for hydroxylation is 2. The number of aliphatic hydroxyl groups is 3. The highest BCUT2D eigenvalue weighted by Gasteiger charge is 2.53. The zero-order chi connectivity index (χ0) is 27.3. The number of phenols is 2. The van der Waals surface area contributed by atoms with Crippen LogP contribution in [0.5, 0.6) is 17.2 Å². The van der Waals surface area contributed by atoms with Crippen LogP contribution in [0.15, 0.2) is 18.2 Å². The van der Waals surface area contributed by atoms with Crippen LogP contribution in [0.25, 0.3) is 0 Å². The number of methoxy groups -OCH3 is 1. The van der Waals surface area contributed by atoms with Crippen molar-refractivity contribution in [3.63, 3.8) is 0 Å². The third-order valence-corrected chi connectivity index (χ3v) is 7.79. The minimum absolute atomic E-state index is 0.00536. The molecule has 2 fully saturated rings. The molecule has 11 nitrogen and oxygen atoms in total. The van der Waals surface area contributed by atoms with Gasteiger partial charge in [-0.25, -0.2) is 4.79 Å².